The highest BCUT2D eigenvalue weighted by Gasteiger charge is 2.41. The number of nitrogens with zero attached hydrogens (tertiary/aromatic N) is 1. The minimum Gasteiger partial charge on any atom is -0.410 e. The summed E-state index contributed by atoms with van der Waals surface area (Å²) in [7, 11) is -2.18. The standard InChI is InChI=1S/C13H20ClF2NOSi/c1-12(2,3)19(4,5)18-9-13(15,16)10-6-7-11(14)17-8-10/h6-8H,9H2,1-5H3. The van der Waals surface area contributed by atoms with Gasteiger partial charge in [0.05, 0.1) is 0 Å². The monoisotopic (exact) mass is 307 g/mol. The van der Waals surface area contributed by atoms with Gasteiger partial charge >= 0.3 is 0 Å². The molecule has 0 fully saturated rings. The largest absolute Gasteiger partial charge is 0.410 e. The topological polar surface area (TPSA) is 22.1 Å². The first-order chi connectivity index (χ1) is 8.46. The zero-order valence-electron chi connectivity index (χ0n) is 11.9. The van der Waals surface area contributed by atoms with E-state index in [4.69, 9.17) is 16.0 Å². The summed E-state index contributed by atoms with van der Waals surface area (Å²) >= 11 is 5.59. The molecule has 0 aliphatic rings. The Morgan fingerprint density at radius 1 is 1.26 bits per heavy atom. The van der Waals surface area contributed by atoms with Crippen LogP contribution in [0.3, 0.4) is 0 Å². The Hall–Kier alpha value is -0.523. The molecular weight excluding hydrogens is 288 g/mol. The van der Waals surface area contributed by atoms with Crippen molar-refractivity contribution in [1.29, 1.82) is 0 Å². The Morgan fingerprint density at radius 3 is 2.26 bits per heavy atom. The third-order valence-electron chi connectivity index (χ3n) is 3.57. The smallest absolute Gasteiger partial charge is 0.296 e. The lowest BCUT2D eigenvalue weighted by Crippen LogP contribution is -2.43. The van der Waals surface area contributed by atoms with Crippen molar-refractivity contribution in [1.82, 2.24) is 4.98 Å². The molecule has 1 rings (SSSR count). The molecule has 0 bridgehead atoms. The number of halogens is 3. The number of alkyl halides is 2. The molecule has 0 aliphatic carbocycles. The lowest BCUT2D eigenvalue weighted by molar-refractivity contribution is -0.0511. The average Bonchev–Trinajstić information content (AvgIpc) is 2.26. The second kappa shape index (κ2) is 5.46. The van der Waals surface area contributed by atoms with Crippen molar-refractivity contribution in [2.24, 2.45) is 0 Å². The molecule has 0 saturated heterocycles. The fourth-order valence-corrected chi connectivity index (χ4v) is 2.25. The van der Waals surface area contributed by atoms with Gasteiger partial charge in [0.15, 0.2) is 8.32 Å². The molecule has 0 radical (unpaired) electrons. The predicted molar refractivity (Wildman–Crippen MR) is 76.3 cm³/mol. The molecule has 0 aromatic carbocycles. The fourth-order valence-electron chi connectivity index (χ4n) is 1.16. The molecule has 0 amide bonds. The van der Waals surface area contributed by atoms with E-state index in [0.717, 1.165) is 6.20 Å². The van der Waals surface area contributed by atoms with Gasteiger partial charge in [-0.2, -0.15) is 8.78 Å². The minimum absolute atomic E-state index is 0.0959. The molecule has 108 valence electrons. The first-order valence-electron chi connectivity index (χ1n) is 6.09. The molecule has 19 heavy (non-hydrogen) atoms. The highest BCUT2D eigenvalue weighted by Crippen LogP contribution is 2.38. The lowest BCUT2D eigenvalue weighted by atomic mass is 10.2. The Balaban J connectivity index is 2.78. The van der Waals surface area contributed by atoms with Crippen LogP contribution in [0.1, 0.15) is 26.3 Å². The first-order valence-corrected chi connectivity index (χ1v) is 9.38. The number of hydrogen-bond donors (Lipinski definition) is 0. The highest BCUT2D eigenvalue weighted by atomic mass is 35.5. The summed E-state index contributed by atoms with van der Waals surface area (Å²) in [5.41, 5.74) is -0.171. The van der Waals surface area contributed by atoms with Crippen molar-refractivity contribution in [3.63, 3.8) is 0 Å². The van der Waals surface area contributed by atoms with Gasteiger partial charge in [-0.25, -0.2) is 4.98 Å². The van der Waals surface area contributed by atoms with Crippen LogP contribution in [0.2, 0.25) is 23.3 Å². The molecule has 0 unspecified atom stereocenters. The van der Waals surface area contributed by atoms with Gasteiger partial charge in [0.1, 0.15) is 11.8 Å². The molecule has 0 spiro atoms. The number of pyridine rings is 1. The summed E-state index contributed by atoms with van der Waals surface area (Å²) in [6, 6.07) is 2.64. The summed E-state index contributed by atoms with van der Waals surface area (Å²) < 4.78 is 33.6. The number of hydrogen-bond acceptors (Lipinski definition) is 2. The second-order valence-corrected chi connectivity index (χ2v) is 11.3. The molecule has 0 N–H and O–H groups in total. The van der Waals surface area contributed by atoms with Gasteiger partial charge in [0, 0.05) is 11.8 Å². The van der Waals surface area contributed by atoms with E-state index in [1.54, 1.807) is 0 Å². The van der Waals surface area contributed by atoms with Crippen LogP contribution < -0.4 is 0 Å². The Morgan fingerprint density at radius 2 is 1.84 bits per heavy atom. The number of rotatable bonds is 4. The normalized spacial score (nSPS) is 13.7. The van der Waals surface area contributed by atoms with Crippen LogP contribution >= 0.6 is 11.6 Å². The van der Waals surface area contributed by atoms with Gasteiger partial charge in [-0.15, -0.1) is 0 Å². The van der Waals surface area contributed by atoms with Gasteiger partial charge in [-0.05, 0) is 30.3 Å². The van der Waals surface area contributed by atoms with Crippen molar-refractivity contribution in [2.45, 2.75) is 44.8 Å². The third kappa shape index (κ3) is 4.23. The molecule has 0 saturated carbocycles. The summed E-state index contributed by atoms with van der Waals surface area (Å²) in [5, 5.41) is 0.103. The SMILES string of the molecule is CC(C)(C)[Si](C)(C)OCC(F)(F)c1ccc(Cl)nc1. The van der Waals surface area contributed by atoms with Gasteiger partial charge in [0.2, 0.25) is 0 Å². The van der Waals surface area contributed by atoms with Crippen molar-refractivity contribution in [2.75, 3.05) is 6.61 Å². The van der Waals surface area contributed by atoms with Crippen LogP contribution in [0, 0.1) is 0 Å². The molecule has 2 nitrogen and oxygen atoms in total. The van der Waals surface area contributed by atoms with Crippen LogP contribution in [-0.2, 0) is 10.3 Å². The molecule has 6 heteroatoms. The van der Waals surface area contributed by atoms with Crippen LogP contribution in [0.25, 0.3) is 0 Å². The predicted octanol–water partition coefficient (Wildman–Crippen LogP) is 4.85. The Kier molecular flexibility index (Phi) is 4.75. The average molecular weight is 308 g/mol. The summed E-state index contributed by atoms with van der Waals surface area (Å²) in [5.74, 6) is -3.05. The highest BCUT2D eigenvalue weighted by molar-refractivity contribution is 6.74. The van der Waals surface area contributed by atoms with Gasteiger partial charge in [0.25, 0.3) is 5.92 Å². The van der Waals surface area contributed by atoms with E-state index in [1.165, 1.54) is 12.1 Å². The quantitative estimate of drug-likeness (QED) is 0.586. The maximum Gasteiger partial charge on any atom is 0.296 e. The van der Waals surface area contributed by atoms with Gasteiger partial charge < -0.3 is 4.43 Å². The van der Waals surface area contributed by atoms with E-state index in [0.29, 0.717) is 0 Å². The van der Waals surface area contributed by atoms with Crippen LogP contribution in [0.5, 0.6) is 0 Å². The van der Waals surface area contributed by atoms with Crippen LogP contribution in [0.4, 0.5) is 8.78 Å². The maximum absolute atomic E-state index is 14.0. The summed E-state index contributed by atoms with van der Waals surface area (Å²) in [4.78, 5) is 3.68. The van der Waals surface area contributed by atoms with Crippen molar-refractivity contribution < 1.29 is 13.2 Å². The third-order valence-corrected chi connectivity index (χ3v) is 8.27. The Labute approximate surface area is 119 Å². The van der Waals surface area contributed by atoms with E-state index in [1.807, 2.05) is 33.9 Å². The van der Waals surface area contributed by atoms with Crippen molar-refractivity contribution >= 4 is 19.9 Å². The molecule has 1 aromatic rings. The minimum atomic E-state index is -3.05. The first kappa shape index (κ1) is 16.5. The van der Waals surface area contributed by atoms with Crippen LogP contribution in [-0.4, -0.2) is 19.9 Å². The Bertz CT molecular complexity index is 429. The molecule has 0 atom stereocenters. The van der Waals surface area contributed by atoms with Gasteiger partial charge in [-0.1, -0.05) is 32.4 Å². The zero-order chi connectivity index (χ0) is 14.9. The zero-order valence-corrected chi connectivity index (χ0v) is 13.7. The van der Waals surface area contributed by atoms with Crippen molar-refractivity contribution in [3.05, 3.63) is 29.0 Å². The maximum atomic E-state index is 14.0. The lowest BCUT2D eigenvalue weighted by Gasteiger charge is -2.37. The van der Waals surface area contributed by atoms with E-state index in [-0.39, 0.29) is 15.8 Å². The van der Waals surface area contributed by atoms with Gasteiger partial charge in [-0.3, -0.25) is 0 Å². The molecule has 1 heterocycles. The molecule has 0 aliphatic heterocycles. The molecule has 1 aromatic heterocycles. The second-order valence-electron chi connectivity index (χ2n) is 6.12. The van der Waals surface area contributed by atoms with Crippen molar-refractivity contribution in [3.8, 4) is 0 Å². The van der Waals surface area contributed by atoms with Crippen LogP contribution in [0.15, 0.2) is 18.3 Å². The summed E-state index contributed by atoms with van der Waals surface area (Å²) in [6.45, 7) is 9.32. The summed E-state index contributed by atoms with van der Waals surface area (Å²) in [6.07, 6.45) is 1.09. The number of aromatic nitrogens is 1. The van der Waals surface area contributed by atoms with E-state index >= 15 is 0 Å². The molecular formula is C13H20ClF2NOSi. The van der Waals surface area contributed by atoms with E-state index in [9.17, 15) is 8.78 Å². The fraction of sp³-hybridized carbons (Fsp3) is 0.615. The van der Waals surface area contributed by atoms with E-state index < -0.39 is 20.8 Å². The van der Waals surface area contributed by atoms with E-state index in [2.05, 4.69) is 4.98 Å².